The third kappa shape index (κ3) is 4.58. The Labute approximate surface area is 156 Å². The first-order valence-electron chi connectivity index (χ1n) is 8.16. The highest BCUT2D eigenvalue weighted by molar-refractivity contribution is 8.39. The molecule has 1 heterocycles. The second-order valence-electron chi connectivity index (χ2n) is 5.47. The zero-order valence-corrected chi connectivity index (χ0v) is 15.8. The van der Waals surface area contributed by atoms with Gasteiger partial charge in [0.05, 0.1) is 23.2 Å². The van der Waals surface area contributed by atoms with Crippen molar-refractivity contribution in [3.05, 3.63) is 54.1 Å². The molecule has 0 radical (unpaired) electrons. The molecule has 3 rings (SSSR count). The van der Waals surface area contributed by atoms with Gasteiger partial charge in [0.15, 0.2) is 0 Å². The number of amides is 1. The predicted octanol–water partition coefficient (Wildman–Crippen LogP) is 5.08. The molecule has 1 atom stereocenters. The number of anilines is 1. The number of aliphatic imine (C=N–C) groups is 1. The predicted molar refractivity (Wildman–Crippen MR) is 108 cm³/mol. The van der Waals surface area contributed by atoms with Crippen molar-refractivity contribution in [3.8, 4) is 5.75 Å². The monoisotopic (exact) mass is 372 g/mol. The Morgan fingerprint density at radius 2 is 2.04 bits per heavy atom. The molecule has 2 aromatic rings. The molecule has 1 amide bonds. The highest BCUT2D eigenvalue weighted by Crippen LogP contribution is 2.36. The Morgan fingerprint density at radius 1 is 1.28 bits per heavy atom. The Hall–Kier alpha value is -1.92. The number of carbonyl (C=O) groups is 1. The van der Waals surface area contributed by atoms with E-state index in [1.807, 2.05) is 56.3 Å². The molecule has 1 aliphatic heterocycles. The Kier molecular flexibility index (Phi) is 6.04. The summed E-state index contributed by atoms with van der Waals surface area (Å²) in [5, 5.41) is 2.71. The lowest BCUT2D eigenvalue weighted by Crippen LogP contribution is -2.24. The van der Waals surface area contributed by atoms with E-state index in [-0.39, 0.29) is 11.2 Å². The van der Waals surface area contributed by atoms with E-state index < -0.39 is 0 Å². The normalized spacial score (nSPS) is 14.2. The first-order chi connectivity index (χ1) is 12.2. The van der Waals surface area contributed by atoms with E-state index in [9.17, 15) is 4.79 Å². The molecule has 6 heteroatoms. The van der Waals surface area contributed by atoms with Gasteiger partial charge in [-0.3, -0.25) is 4.79 Å². The van der Waals surface area contributed by atoms with E-state index in [1.54, 1.807) is 11.8 Å². The van der Waals surface area contributed by atoms with Gasteiger partial charge < -0.3 is 10.1 Å². The zero-order valence-electron chi connectivity index (χ0n) is 14.2. The van der Waals surface area contributed by atoms with Crippen molar-refractivity contribution >= 4 is 45.2 Å². The third-order valence-electron chi connectivity index (χ3n) is 3.65. The second kappa shape index (κ2) is 8.45. The maximum atomic E-state index is 12.5. The van der Waals surface area contributed by atoms with Gasteiger partial charge >= 0.3 is 0 Å². The summed E-state index contributed by atoms with van der Waals surface area (Å²) in [6.45, 7) is 4.38. The molecule has 0 spiro atoms. The fourth-order valence-electron chi connectivity index (χ4n) is 2.36. The summed E-state index contributed by atoms with van der Waals surface area (Å²) < 4.78 is 6.49. The number of benzene rings is 2. The fraction of sp³-hybridized carbons (Fsp3) is 0.263. The molecule has 1 unspecified atom stereocenters. The standard InChI is InChI=1S/C19H20N2O2S2/c1-3-23-17-11-7-6-10-16(17)20-18(22)13(2)25-19-21-15-9-5-4-8-14(15)12-24-19/h4-11,13H,3,12H2,1-2H3,(H,20,22). The van der Waals surface area contributed by atoms with Crippen LogP contribution in [0, 0.1) is 0 Å². The zero-order chi connectivity index (χ0) is 17.6. The number of carbonyl (C=O) groups excluding carboxylic acids is 1. The van der Waals surface area contributed by atoms with Gasteiger partial charge in [0.25, 0.3) is 0 Å². The van der Waals surface area contributed by atoms with Crippen molar-refractivity contribution in [1.29, 1.82) is 0 Å². The topological polar surface area (TPSA) is 50.7 Å². The van der Waals surface area contributed by atoms with Crippen LogP contribution in [0.3, 0.4) is 0 Å². The number of ether oxygens (including phenoxy) is 1. The molecule has 0 fully saturated rings. The minimum absolute atomic E-state index is 0.0562. The van der Waals surface area contributed by atoms with Gasteiger partial charge in [-0.1, -0.05) is 53.9 Å². The highest BCUT2D eigenvalue weighted by Gasteiger charge is 2.21. The average molecular weight is 373 g/mol. The number of fused-ring (bicyclic) bond motifs is 1. The van der Waals surface area contributed by atoms with Crippen LogP contribution >= 0.6 is 23.5 Å². The first-order valence-corrected chi connectivity index (χ1v) is 10.0. The highest BCUT2D eigenvalue weighted by atomic mass is 32.2. The molecule has 0 saturated heterocycles. The number of para-hydroxylation sites is 3. The summed E-state index contributed by atoms with van der Waals surface area (Å²) in [6, 6.07) is 15.6. The SMILES string of the molecule is CCOc1ccccc1NC(=O)C(C)SC1=Nc2ccccc2CS1. The van der Waals surface area contributed by atoms with Crippen LogP contribution in [-0.2, 0) is 10.5 Å². The number of hydrogen-bond acceptors (Lipinski definition) is 5. The van der Waals surface area contributed by atoms with Crippen molar-refractivity contribution in [2.45, 2.75) is 24.9 Å². The summed E-state index contributed by atoms with van der Waals surface area (Å²) in [5.74, 6) is 1.52. The molecule has 4 nitrogen and oxygen atoms in total. The molecule has 0 saturated carbocycles. The van der Waals surface area contributed by atoms with Crippen LogP contribution in [0.1, 0.15) is 19.4 Å². The Morgan fingerprint density at radius 3 is 2.88 bits per heavy atom. The maximum Gasteiger partial charge on any atom is 0.237 e. The van der Waals surface area contributed by atoms with E-state index in [2.05, 4.69) is 16.4 Å². The summed E-state index contributed by atoms with van der Waals surface area (Å²) >= 11 is 3.17. The van der Waals surface area contributed by atoms with Gasteiger partial charge in [-0.05, 0) is 37.6 Å². The van der Waals surface area contributed by atoms with Gasteiger partial charge in [0.2, 0.25) is 5.91 Å². The molecule has 0 aromatic heterocycles. The molecular formula is C19H20N2O2S2. The van der Waals surface area contributed by atoms with E-state index in [1.165, 1.54) is 17.3 Å². The smallest absolute Gasteiger partial charge is 0.237 e. The molecular weight excluding hydrogens is 352 g/mol. The van der Waals surface area contributed by atoms with Crippen LogP contribution in [0.4, 0.5) is 11.4 Å². The lowest BCUT2D eigenvalue weighted by Gasteiger charge is -2.18. The lowest BCUT2D eigenvalue weighted by atomic mass is 10.2. The van der Waals surface area contributed by atoms with E-state index >= 15 is 0 Å². The largest absolute Gasteiger partial charge is 0.492 e. The fourth-order valence-corrected chi connectivity index (χ4v) is 4.55. The summed E-state index contributed by atoms with van der Waals surface area (Å²) in [5.41, 5.74) is 2.93. The lowest BCUT2D eigenvalue weighted by molar-refractivity contribution is -0.115. The average Bonchev–Trinajstić information content (AvgIpc) is 2.63. The van der Waals surface area contributed by atoms with Crippen LogP contribution in [0.15, 0.2) is 53.5 Å². The molecule has 25 heavy (non-hydrogen) atoms. The Bertz CT molecular complexity index is 792. The molecule has 1 aliphatic rings. The molecule has 1 N–H and O–H groups in total. The number of hydrogen-bond donors (Lipinski definition) is 1. The molecule has 130 valence electrons. The number of rotatable bonds is 5. The molecule has 0 bridgehead atoms. The summed E-state index contributed by atoms with van der Waals surface area (Å²) in [6.07, 6.45) is 0. The van der Waals surface area contributed by atoms with Crippen molar-refractivity contribution in [2.75, 3.05) is 11.9 Å². The van der Waals surface area contributed by atoms with E-state index in [0.717, 1.165) is 15.8 Å². The molecule has 2 aromatic carbocycles. The second-order valence-corrected chi connectivity index (χ2v) is 8.03. The van der Waals surface area contributed by atoms with Crippen molar-refractivity contribution < 1.29 is 9.53 Å². The number of nitrogens with one attached hydrogen (secondary N) is 1. The van der Waals surface area contributed by atoms with Crippen molar-refractivity contribution in [1.82, 2.24) is 0 Å². The number of thioether (sulfide) groups is 2. The quantitative estimate of drug-likeness (QED) is 0.795. The third-order valence-corrected chi connectivity index (χ3v) is 5.94. The van der Waals surface area contributed by atoms with Gasteiger partial charge in [0.1, 0.15) is 10.1 Å². The van der Waals surface area contributed by atoms with Crippen LogP contribution in [-0.4, -0.2) is 22.1 Å². The summed E-state index contributed by atoms with van der Waals surface area (Å²) in [7, 11) is 0. The van der Waals surface area contributed by atoms with E-state index in [0.29, 0.717) is 18.0 Å². The first kappa shape index (κ1) is 17.9. The molecule has 0 aliphatic carbocycles. The van der Waals surface area contributed by atoms with Gasteiger partial charge in [0, 0.05) is 5.75 Å². The Balaban J connectivity index is 1.65. The number of nitrogens with zero attached hydrogens (tertiary/aromatic N) is 1. The van der Waals surface area contributed by atoms with Crippen molar-refractivity contribution in [2.24, 2.45) is 4.99 Å². The minimum atomic E-state index is -0.244. The minimum Gasteiger partial charge on any atom is -0.492 e. The van der Waals surface area contributed by atoms with Crippen LogP contribution in [0.25, 0.3) is 0 Å². The van der Waals surface area contributed by atoms with Crippen molar-refractivity contribution in [3.63, 3.8) is 0 Å². The van der Waals surface area contributed by atoms with Crippen LogP contribution in [0.2, 0.25) is 0 Å². The van der Waals surface area contributed by atoms with Crippen LogP contribution < -0.4 is 10.1 Å². The van der Waals surface area contributed by atoms with Crippen LogP contribution in [0.5, 0.6) is 5.75 Å². The van der Waals surface area contributed by atoms with Gasteiger partial charge in [-0.15, -0.1) is 0 Å². The summed E-state index contributed by atoms with van der Waals surface area (Å²) in [4.78, 5) is 17.2. The van der Waals surface area contributed by atoms with E-state index in [4.69, 9.17) is 4.74 Å². The van der Waals surface area contributed by atoms with Gasteiger partial charge in [-0.25, -0.2) is 4.99 Å². The van der Waals surface area contributed by atoms with Gasteiger partial charge in [-0.2, -0.15) is 0 Å². The maximum absolute atomic E-state index is 12.5.